The highest BCUT2D eigenvalue weighted by Gasteiger charge is 2.45. The van der Waals surface area contributed by atoms with Crippen molar-refractivity contribution in [2.24, 2.45) is 0 Å². The van der Waals surface area contributed by atoms with Crippen molar-refractivity contribution in [3.8, 4) is 33.4 Å². The lowest BCUT2D eigenvalue weighted by atomic mass is 9.67. The topological polar surface area (TPSA) is 3.24 Å². The zero-order valence-corrected chi connectivity index (χ0v) is 27.7. The summed E-state index contributed by atoms with van der Waals surface area (Å²) in [5.41, 5.74) is 15.5. The monoisotopic (exact) mass is 637 g/mol. The maximum atomic E-state index is 2.37. The highest BCUT2D eigenvalue weighted by Crippen LogP contribution is 2.56. The van der Waals surface area contributed by atoms with Crippen LogP contribution in [-0.4, -0.2) is 0 Å². The van der Waals surface area contributed by atoms with E-state index in [1.165, 1.54) is 55.6 Å². The van der Waals surface area contributed by atoms with E-state index in [2.05, 4.69) is 217 Å². The summed E-state index contributed by atoms with van der Waals surface area (Å²) < 4.78 is 0. The van der Waals surface area contributed by atoms with Gasteiger partial charge in [-0.3, -0.25) is 0 Å². The summed E-state index contributed by atoms with van der Waals surface area (Å²) >= 11 is 0. The smallest absolute Gasteiger partial charge is 0.0713 e. The first-order valence-electron chi connectivity index (χ1n) is 17.3. The van der Waals surface area contributed by atoms with Gasteiger partial charge in [-0.2, -0.15) is 0 Å². The molecule has 50 heavy (non-hydrogen) atoms. The third-order valence-electron chi connectivity index (χ3n) is 10.2. The molecule has 1 heteroatoms. The molecule has 0 aliphatic heterocycles. The van der Waals surface area contributed by atoms with Gasteiger partial charge >= 0.3 is 0 Å². The summed E-state index contributed by atoms with van der Waals surface area (Å²) in [6.45, 7) is 0. The molecule has 0 spiro atoms. The number of nitrogens with zero attached hydrogens (tertiary/aromatic N) is 1. The molecule has 0 aromatic heterocycles. The fourth-order valence-electron chi connectivity index (χ4n) is 7.98. The van der Waals surface area contributed by atoms with Gasteiger partial charge in [-0.05, 0) is 80.4 Å². The Labute approximate surface area is 294 Å². The number of fused-ring (bicyclic) bond motifs is 3. The van der Waals surface area contributed by atoms with E-state index in [1.807, 2.05) is 0 Å². The van der Waals surface area contributed by atoms with Gasteiger partial charge in [0, 0.05) is 16.9 Å². The van der Waals surface area contributed by atoms with E-state index in [9.17, 15) is 0 Å². The first-order chi connectivity index (χ1) is 24.8. The van der Waals surface area contributed by atoms with Crippen LogP contribution in [-0.2, 0) is 5.41 Å². The molecule has 0 bridgehead atoms. The fraction of sp³-hybridized carbons (Fsp3) is 0.0204. The third-order valence-corrected chi connectivity index (χ3v) is 10.2. The molecule has 0 atom stereocenters. The van der Waals surface area contributed by atoms with Gasteiger partial charge < -0.3 is 4.90 Å². The van der Waals surface area contributed by atoms with Gasteiger partial charge in [0.05, 0.1) is 11.1 Å². The first-order valence-corrected chi connectivity index (χ1v) is 17.3. The highest BCUT2D eigenvalue weighted by atomic mass is 15.1. The quantitative estimate of drug-likeness (QED) is 0.168. The molecule has 0 fully saturated rings. The highest BCUT2D eigenvalue weighted by molar-refractivity contribution is 5.90. The molecule has 1 aliphatic carbocycles. The van der Waals surface area contributed by atoms with Crippen molar-refractivity contribution in [1.82, 2.24) is 0 Å². The normalized spacial score (nSPS) is 12.6. The zero-order chi connectivity index (χ0) is 33.3. The zero-order valence-electron chi connectivity index (χ0n) is 27.7. The van der Waals surface area contributed by atoms with Crippen molar-refractivity contribution >= 4 is 17.1 Å². The molecule has 0 N–H and O–H groups in total. The van der Waals surface area contributed by atoms with Gasteiger partial charge in [-0.15, -0.1) is 0 Å². The molecular weight excluding hydrogens is 603 g/mol. The number of anilines is 3. The van der Waals surface area contributed by atoms with E-state index in [0.29, 0.717) is 0 Å². The minimum atomic E-state index is -0.403. The minimum Gasteiger partial charge on any atom is -0.310 e. The van der Waals surface area contributed by atoms with Gasteiger partial charge in [0.1, 0.15) is 0 Å². The standard InChI is InChI=1S/C49H35N/c1-4-17-37(18-5-1)43-25-12-15-30-48(43)50(41-22-8-3-9-23-41)42-24-16-19-38(35-42)36-31-33-40(34-32-36)49(39-20-6-2-7-21-39)46-28-13-10-26-44(46)45-27-11-14-29-47(45)49/h1-35H. The summed E-state index contributed by atoms with van der Waals surface area (Å²) in [5.74, 6) is 0. The first kappa shape index (κ1) is 29.7. The van der Waals surface area contributed by atoms with Crippen LogP contribution in [0.1, 0.15) is 22.3 Å². The molecule has 8 aromatic carbocycles. The van der Waals surface area contributed by atoms with E-state index in [0.717, 1.165) is 17.1 Å². The van der Waals surface area contributed by atoms with E-state index in [4.69, 9.17) is 0 Å². The van der Waals surface area contributed by atoms with Crippen molar-refractivity contribution in [2.45, 2.75) is 5.41 Å². The number of hydrogen-bond acceptors (Lipinski definition) is 1. The van der Waals surface area contributed by atoms with Crippen molar-refractivity contribution in [3.63, 3.8) is 0 Å². The van der Waals surface area contributed by atoms with E-state index in [1.54, 1.807) is 0 Å². The van der Waals surface area contributed by atoms with Crippen LogP contribution in [0.25, 0.3) is 33.4 Å². The summed E-state index contributed by atoms with van der Waals surface area (Å²) in [4.78, 5) is 2.37. The van der Waals surface area contributed by atoms with Crippen LogP contribution in [0.3, 0.4) is 0 Å². The summed E-state index contributed by atoms with van der Waals surface area (Å²) in [7, 11) is 0. The van der Waals surface area contributed by atoms with Gasteiger partial charge in [0.2, 0.25) is 0 Å². The minimum absolute atomic E-state index is 0.403. The van der Waals surface area contributed by atoms with E-state index in [-0.39, 0.29) is 0 Å². The lowest BCUT2D eigenvalue weighted by Gasteiger charge is -2.34. The van der Waals surface area contributed by atoms with E-state index < -0.39 is 5.41 Å². The lowest BCUT2D eigenvalue weighted by Crippen LogP contribution is -2.28. The maximum Gasteiger partial charge on any atom is 0.0713 e. The van der Waals surface area contributed by atoms with E-state index >= 15 is 0 Å². The van der Waals surface area contributed by atoms with Crippen LogP contribution < -0.4 is 4.90 Å². The van der Waals surface area contributed by atoms with Crippen LogP contribution in [0.2, 0.25) is 0 Å². The number of para-hydroxylation sites is 2. The van der Waals surface area contributed by atoms with Crippen molar-refractivity contribution in [2.75, 3.05) is 4.90 Å². The van der Waals surface area contributed by atoms with Gasteiger partial charge in [-0.1, -0.05) is 182 Å². The molecular formula is C49H35N. The van der Waals surface area contributed by atoms with Gasteiger partial charge in [0.25, 0.3) is 0 Å². The predicted octanol–water partition coefficient (Wildman–Crippen LogP) is 12.9. The average molecular weight is 638 g/mol. The molecule has 0 amide bonds. The molecule has 8 aromatic rings. The van der Waals surface area contributed by atoms with Gasteiger partial charge in [-0.25, -0.2) is 0 Å². The van der Waals surface area contributed by atoms with Gasteiger partial charge in [0.15, 0.2) is 0 Å². The SMILES string of the molecule is c1ccc(-c2ccccc2N(c2ccccc2)c2cccc(-c3ccc(C4(c5ccccc5)c5ccccc5-c5ccccc54)cc3)c2)cc1. The Hall–Kier alpha value is -6.44. The Bertz CT molecular complexity index is 2370. The Morgan fingerprint density at radius 2 is 0.780 bits per heavy atom. The molecule has 236 valence electrons. The van der Waals surface area contributed by atoms with Crippen molar-refractivity contribution in [1.29, 1.82) is 0 Å². The van der Waals surface area contributed by atoms with Crippen LogP contribution in [0.5, 0.6) is 0 Å². The summed E-state index contributed by atoms with van der Waals surface area (Å²) in [6.07, 6.45) is 0. The number of benzene rings is 8. The summed E-state index contributed by atoms with van der Waals surface area (Å²) in [6, 6.07) is 77.0. The second-order valence-electron chi connectivity index (χ2n) is 12.9. The molecule has 0 saturated heterocycles. The molecule has 1 nitrogen and oxygen atoms in total. The number of rotatable bonds is 7. The van der Waals surface area contributed by atoms with Crippen LogP contribution in [0.15, 0.2) is 212 Å². The van der Waals surface area contributed by atoms with Crippen LogP contribution >= 0.6 is 0 Å². The third kappa shape index (κ3) is 4.86. The second-order valence-corrected chi connectivity index (χ2v) is 12.9. The van der Waals surface area contributed by atoms with Crippen molar-refractivity contribution in [3.05, 3.63) is 235 Å². The van der Waals surface area contributed by atoms with Crippen LogP contribution in [0.4, 0.5) is 17.1 Å². The Morgan fingerprint density at radius 3 is 1.44 bits per heavy atom. The molecule has 1 aliphatic rings. The Kier molecular flexibility index (Phi) is 7.44. The average Bonchev–Trinajstić information content (AvgIpc) is 3.51. The molecule has 0 unspecified atom stereocenters. The number of hydrogen-bond donors (Lipinski definition) is 0. The van der Waals surface area contributed by atoms with Crippen molar-refractivity contribution < 1.29 is 0 Å². The summed E-state index contributed by atoms with van der Waals surface area (Å²) in [5, 5.41) is 0. The predicted molar refractivity (Wildman–Crippen MR) is 209 cm³/mol. The second kappa shape index (κ2) is 12.5. The molecule has 0 radical (unpaired) electrons. The van der Waals surface area contributed by atoms with Crippen LogP contribution in [0, 0.1) is 0 Å². The Morgan fingerprint density at radius 1 is 0.300 bits per heavy atom. The molecule has 0 heterocycles. The maximum absolute atomic E-state index is 2.37. The largest absolute Gasteiger partial charge is 0.310 e. The molecule has 0 saturated carbocycles. The molecule has 9 rings (SSSR count). The Balaban J connectivity index is 1.17. The lowest BCUT2D eigenvalue weighted by molar-refractivity contribution is 0.768. The fourth-order valence-corrected chi connectivity index (χ4v) is 7.98.